The van der Waals surface area contributed by atoms with E-state index < -0.39 is 37.1 Å². The first-order valence-electron chi connectivity index (χ1n) is 23.4. The molecule has 18 heteroatoms. The van der Waals surface area contributed by atoms with Crippen LogP contribution < -0.4 is 9.80 Å². The molecule has 2 aliphatic heterocycles. The number of hydrogen-bond donors (Lipinski definition) is 1. The van der Waals surface area contributed by atoms with Gasteiger partial charge in [-0.05, 0) is 125 Å². The smallest absolute Gasteiger partial charge is 0.254 e. The van der Waals surface area contributed by atoms with E-state index in [1.807, 2.05) is 15.9 Å². The Balaban J connectivity index is 0.000000194. The molecule has 1 N–H and O–H groups in total. The molecule has 0 aromatic heterocycles. The second kappa shape index (κ2) is 22.0. The van der Waals surface area contributed by atoms with E-state index in [0.717, 1.165) is 24.7 Å². The largest absolute Gasteiger partial charge is 0.392 e. The average molecular weight is 1030 g/mol. The molecule has 3 aliphatic rings. The Morgan fingerprint density at radius 3 is 1.32 bits per heavy atom. The van der Waals surface area contributed by atoms with E-state index in [1.54, 1.807) is 64.4 Å². The second-order valence-corrected chi connectivity index (χ2v) is 22.3. The zero-order valence-electron chi connectivity index (χ0n) is 39.7. The standard InChI is InChI=1S/C29H30F2N2O4S.C25H24F2N2O4S/c1-38(35,36)24-9-10-25(22-5-7-23(30)8-6-22)26(17-24)29(34)33-14-12-32(13-15-33)28-11-4-21(16-27(28)31)19-37-18-20-2-3-20;1-34(32,33)20-7-8-21(18-3-5-19(26)6-4-18)22(15-20)25(31)29-12-10-28(11-13-29)24-9-2-17(16-30)14-23(24)27/h4-11,16-17,20H,2-3,12-15,18-19H2,1H3;2-9,14-15,30H,10-13,16H2,1H3. The molecular weight excluding hydrogens is 973 g/mol. The normalized spacial score (nSPS) is 15.3. The quantitative estimate of drug-likeness (QED) is 0.112. The van der Waals surface area contributed by atoms with Crippen molar-refractivity contribution in [1.29, 1.82) is 0 Å². The highest BCUT2D eigenvalue weighted by atomic mass is 32.2. The molecule has 0 spiro atoms. The number of piperazine rings is 2. The van der Waals surface area contributed by atoms with Crippen LogP contribution in [0.3, 0.4) is 0 Å². The summed E-state index contributed by atoms with van der Waals surface area (Å²) in [6.45, 7) is 3.80. The van der Waals surface area contributed by atoms with Crippen molar-refractivity contribution in [3.63, 3.8) is 0 Å². The summed E-state index contributed by atoms with van der Waals surface area (Å²) in [6.07, 6.45) is 4.58. The summed E-state index contributed by atoms with van der Waals surface area (Å²) in [4.78, 5) is 34.1. The van der Waals surface area contributed by atoms with Crippen molar-refractivity contribution in [2.75, 3.05) is 81.3 Å². The van der Waals surface area contributed by atoms with Crippen LogP contribution in [-0.4, -0.2) is 115 Å². The first-order valence-corrected chi connectivity index (χ1v) is 27.2. The number of nitrogens with zero attached hydrogens (tertiary/aromatic N) is 4. The van der Waals surface area contributed by atoms with E-state index in [-0.39, 0.29) is 45.2 Å². The highest BCUT2D eigenvalue weighted by Gasteiger charge is 2.29. The van der Waals surface area contributed by atoms with Gasteiger partial charge in [-0.15, -0.1) is 0 Å². The van der Waals surface area contributed by atoms with Gasteiger partial charge in [0.25, 0.3) is 11.8 Å². The lowest BCUT2D eigenvalue weighted by molar-refractivity contribution is 0.0739. The molecule has 0 radical (unpaired) electrons. The Morgan fingerprint density at radius 1 is 0.542 bits per heavy atom. The number of rotatable bonds is 13. The Kier molecular flexibility index (Phi) is 15.8. The number of sulfone groups is 2. The van der Waals surface area contributed by atoms with Crippen LogP contribution in [0.2, 0.25) is 0 Å². The average Bonchev–Trinajstić information content (AvgIpc) is 4.20. The van der Waals surface area contributed by atoms with Gasteiger partial charge in [0, 0.05) is 82.6 Å². The number of anilines is 2. The van der Waals surface area contributed by atoms with E-state index in [0.29, 0.717) is 104 Å². The number of ether oxygens (including phenoxy) is 1. The first kappa shape index (κ1) is 51.7. The van der Waals surface area contributed by atoms with Gasteiger partial charge in [0.05, 0.1) is 34.4 Å². The maximum Gasteiger partial charge on any atom is 0.254 e. The SMILES string of the molecule is CS(=O)(=O)c1ccc(-c2ccc(F)cc2)c(C(=O)N2CCN(c3ccc(CO)cc3F)CC2)c1.CS(=O)(=O)c1ccc(-c2ccc(F)cc2)c(C(=O)N2CCN(c3ccc(COCC4CC4)cc3F)CC2)c1. The summed E-state index contributed by atoms with van der Waals surface area (Å²) in [5.41, 5.74) is 4.82. The third-order valence-corrected chi connectivity index (χ3v) is 15.2. The molecule has 6 aromatic carbocycles. The third kappa shape index (κ3) is 12.5. The van der Waals surface area contributed by atoms with E-state index in [1.165, 1.54) is 73.5 Å². The molecule has 0 bridgehead atoms. The van der Waals surface area contributed by atoms with Crippen LogP contribution in [0.25, 0.3) is 22.3 Å². The highest BCUT2D eigenvalue weighted by Crippen LogP contribution is 2.32. The number of hydrogen-bond acceptors (Lipinski definition) is 10. The molecule has 2 amide bonds. The molecule has 0 atom stereocenters. The second-order valence-electron chi connectivity index (χ2n) is 18.2. The number of carbonyl (C=O) groups excluding carboxylic acids is 2. The molecular formula is C54H54F4N4O8S2. The zero-order chi connectivity index (χ0) is 51.3. The van der Waals surface area contributed by atoms with Crippen molar-refractivity contribution in [2.45, 2.75) is 35.8 Å². The minimum atomic E-state index is -3.55. The lowest BCUT2D eigenvalue weighted by Crippen LogP contribution is -2.49. The summed E-state index contributed by atoms with van der Waals surface area (Å²) in [6, 6.07) is 29.8. The third-order valence-electron chi connectivity index (χ3n) is 13.0. The van der Waals surface area contributed by atoms with Crippen molar-refractivity contribution < 1.29 is 53.8 Å². The van der Waals surface area contributed by atoms with Gasteiger partial charge in [-0.3, -0.25) is 9.59 Å². The Bertz CT molecular complexity index is 3180. The molecule has 1 aliphatic carbocycles. The minimum absolute atomic E-state index is 0.0198. The van der Waals surface area contributed by atoms with E-state index in [4.69, 9.17) is 4.74 Å². The first-order chi connectivity index (χ1) is 34.4. The molecule has 2 heterocycles. The van der Waals surface area contributed by atoms with Crippen LogP contribution >= 0.6 is 0 Å². The molecule has 9 rings (SSSR count). The minimum Gasteiger partial charge on any atom is -0.392 e. The van der Waals surface area contributed by atoms with E-state index in [2.05, 4.69) is 0 Å². The summed E-state index contributed by atoms with van der Waals surface area (Å²) < 4.78 is 111. The number of halogens is 4. The van der Waals surface area contributed by atoms with Crippen molar-refractivity contribution in [1.82, 2.24) is 9.80 Å². The fourth-order valence-electron chi connectivity index (χ4n) is 8.70. The van der Waals surface area contributed by atoms with Crippen LogP contribution in [0.1, 0.15) is 44.7 Å². The van der Waals surface area contributed by atoms with Crippen LogP contribution in [0, 0.1) is 29.2 Å². The molecule has 378 valence electrons. The van der Waals surface area contributed by atoms with Gasteiger partial charge in [-0.25, -0.2) is 34.4 Å². The lowest BCUT2D eigenvalue weighted by Gasteiger charge is -2.36. The monoisotopic (exact) mass is 1030 g/mol. The predicted octanol–water partition coefficient (Wildman–Crippen LogP) is 8.41. The maximum atomic E-state index is 14.9. The van der Waals surface area contributed by atoms with E-state index in [9.17, 15) is 49.1 Å². The Morgan fingerprint density at radius 2 is 0.944 bits per heavy atom. The van der Waals surface area contributed by atoms with Crippen LogP contribution in [0.15, 0.2) is 131 Å². The molecule has 72 heavy (non-hydrogen) atoms. The summed E-state index contributed by atoms with van der Waals surface area (Å²) >= 11 is 0. The lowest BCUT2D eigenvalue weighted by atomic mass is 9.98. The van der Waals surface area contributed by atoms with Gasteiger partial charge in [0.15, 0.2) is 19.7 Å². The number of benzene rings is 6. The molecule has 2 saturated heterocycles. The number of amides is 2. The highest BCUT2D eigenvalue weighted by molar-refractivity contribution is 7.91. The van der Waals surface area contributed by atoms with Gasteiger partial charge in [0.1, 0.15) is 23.3 Å². The zero-order valence-corrected chi connectivity index (χ0v) is 41.4. The summed E-state index contributed by atoms with van der Waals surface area (Å²) in [5.74, 6) is -1.60. The van der Waals surface area contributed by atoms with Gasteiger partial charge in [-0.2, -0.15) is 0 Å². The topological polar surface area (TPSA) is 145 Å². The number of carbonyl (C=O) groups is 2. The van der Waals surface area contributed by atoms with Crippen LogP contribution in [0.5, 0.6) is 0 Å². The fraction of sp³-hybridized carbons (Fsp3) is 0.296. The van der Waals surface area contributed by atoms with Crippen LogP contribution in [-0.2, 0) is 37.6 Å². The fourth-order valence-corrected chi connectivity index (χ4v) is 9.99. The Labute approximate surface area is 416 Å². The van der Waals surface area contributed by atoms with Gasteiger partial charge >= 0.3 is 0 Å². The van der Waals surface area contributed by atoms with Gasteiger partial charge in [-0.1, -0.05) is 48.5 Å². The van der Waals surface area contributed by atoms with Crippen molar-refractivity contribution in [3.8, 4) is 22.3 Å². The van der Waals surface area contributed by atoms with Gasteiger partial charge < -0.3 is 29.4 Å². The maximum absolute atomic E-state index is 14.9. The molecule has 3 fully saturated rings. The molecule has 1 saturated carbocycles. The van der Waals surface area contributed by atoms with Crippen molar-refractivity contribution in [2.24, 2.45) is 5.92 Å². The summed E-state index contributed by atoms with van der Waals surface area (Å²) in [5, 5.41) is 9.17. The van der Waals surface area contributed by atoms with Gasteiger partial charge in [0.2, 0.25) is 0 Å². The molecule has 0 unspecified atom stereocenters. The van der Waals surface area contributed by atoms with E-state index >= 15 is 0 Å². The molecule has 6 aromatic rings. The number of aliphatic hydroxyl groups is 1. The molecule has 12 nitrogen and oxygen atoms in total. The number of aliphatic hydroxyl groups excluding tert-OH is 1. The van der Waals surface area contributed by atoms with Crippen molar-refractivity contribution in [3.05, 3.63) is 167 Å². The van der Waals surface area contributed by atoms with Crippen LogP contribution in [0.4, 0.5) is 28.9 Å². The van der Waals surface area contributed by atoms with Crippen molar-refractivity contribution >= 4 is 42.9 Å². The summed E-state index contributed by atoms with van der Waals surface area (Å²) in [7, 11) is -7.09. The predicted molar refractivity (Wildman–Crippen MR) is 267 cm³/mol. The Hall–Kier alpha value is -6.60.